The lowest BCUT2D eigenvalue weighted by Gasteiger charge is -2.42. The SMILES string of the molecule is C[C@H]1CC(=O)C[C@@](O)(c2ccccc2)[C@@H]1S(=O)(=O)c1ccccc1. The van der Waals surface area contributed by atoms with E-state index in [1.165, 1.54) is 12.1 Å². The first kappa shape index (κ1) is 16.9. The van der Waals surface area contributed by atoms with Crippen LogP contribution in [0.2, 0.25) is 0 Å². The Morgan fingerprint density at radius 2 is 1.54 bits per heavy atom. The van der Waals surface area contributed by atoms with Gasteiger partial charge in [0, 0.05) is 12.8 Å². The number of rotatable bonds is 3. The van der Waals surface area contributed by atoms with Crippen LogP contribution in [0.3, 0.4) is 0 Å². The molecule has 0 spiro atoms. The summed E-state index contributed by atoms with van der Waals surface area (Å²) in [6.45, 7) is 1.72. The van der Waals surface area contributed by atoms with Crippen molar-refractivity contribution in [2.24, 2.45) is 5.92 Å². The Labute approximate surface area is 142 Å². The monoisotopic (exact) mass is 344 g/mol. The van der Waals surface area contributed by atoms with Gasteiger partial charge in [0.15, 0.2) is 9.84 Å². The summed E-state index contributed by atoms with van der Waals surface area (Å²) in [6.07, 6.45) is -0.0239. The highest BCUT2D eigenvalue weighted by molar-refractivity contribution is 7.92. The van der Waals surface area contributed by atoms with Gasteiger partial charge in [-0.05, 0) is 23.6 Å². The first-order valence-electron chi connectivity index (χ1n) is 7.94. The van der Waals surface area contributed by atoms with E-state index < -0.39 is 26.6 Å². The highest BCUT2D eigenvalue weighted by Gasteiger charge is 2.53. The standard InChI is InChI=1S/C19H20O4S/c1-14-12-16(20)13-19(21,15-8-4-2-5-9-15)18(14)24(22,23)17-10-6-3-7-11-17/h2-11,14,18,21H,12-13H2,1H3/t14-,18+,19+/m0/s1. The fourth-order valence-corrected chi connectivity index (χ4v) is 5.99. The van der Waals surface area contributed by atoms with Crippen LogP contribution >= 0.6 is 0 Å². The second kappa shape index (κ2) is 6.15. The summed E-state index contributed by atoms with van der Waals surface area (Å²) in [7, 11) is -3.79. The van der Waals surface area contributed by atoms with Crippen molar-refractivity contribution in [2.45, 2.75) is 35.5 Å². The third-order valence-electron chi connectivity index (χ3n) is 4.68. The van der Waals surface area contributed by atoms with Crippen molar-refractivity contribution < 1.29 is 18.3 Å². The maximum absolute atomic E-state index is 13.2. The number of carbonyl (C=O) groups is 1. The zero-order valence-corrected chi connectivity index (χ0v) is 14.2. The molecule has 1 N–H and O–H groups in total. The summed E-state index contributed by atoms with van der Waals surface area (Å²) in [5.41, 5.74) is -1.25. The summed E-state index contributed by atoms with van der Waals surface area (Å²) in [5, 5.41) is 10.3. The van der Waals surface area contributed by atoms with Gasteiger partial charge < -0.3 is 5.11 Å². The van der Waals surface area contributed by atoms with Crippen LogP contribution in [0.15, 0.2) is 65.6 Å². The van der Waals surface area contributed by atoms with Crippen molar-refractivity contribution in [3.05, 3.63) is 66.2 Å². The molecule has 1 aliphatic carbocycles. The van der Waals surface area contributed by atoms with Crippen molar-refractivity contribution >= 4 is 15.6 Å². The zero-order valence-electron chi connectivity index (χ0n) is 13.4. The maximum atomic E-state index is 13.2. The highest BCUT2D eigenvalue weighted by atomic mass is 32.2. The summed E-state index contributed by atoms with van der Waals surface area (Å²) in [5.74, 6) is -0.588. The van der Waals surface area contributed by atoms with Gasteiger partial charge in [0.2, 0.25) is 0 Å². The number of sulfone groups is 1. The van der Waals surface area contributed by atoms with Crippen LogP contribution in [0.4, 0.5) is 0 Å². The van der Waals surface area contributed by atoms with Crippen LogP contribution in [0, 0.1) is 5.92 Å². The summed E-state index contributed by atoms with van der Waals surface area (Å²) in [6, 6.07) is 16.8. The van der Waals surface area contributed by atoms with E-state index in [2.05, 4.69) is 0 Å². The van der Waals surface area contributed by atoms with Crippen LogP contribution in [0.1, 0.15) is 25.3 Å². The molecule has 0 unspecified atom stereocenters. The number of carbonyl (C=O) groups excluding carboxylic acids is 1. The van der Waals surface area contributed by atoms with E-state index in [1.807, 2.05) is 0 Å². The number of hydrogen-bond donors (Lipinski definition) is 1. The molecule has 0 bridgehead atoms. The smallest absolute Gasteiger partial charge is 0.184 e. The lowest BCUT2D eigenvalue weighted by molar-refractivity contribution is -0.130. The molecule has 5 heteroatoms. The molecule has 1 aliphatic rings. The van der Waals surface area contributed by atoms with E-state index in [4.69, 9.17) is 0 Å². The Morgan fingerprint density at radius 3 is 2.12 bits per heavy atom. The summed E-state index contributed by atoms with van der Waals surface area (Å²) in [4.78, 5) is 12.3. The Bertz CT molecular complexity index is 830. The minimum atomic E-state index is -3.79. The van der Waals surface area contributed by atoms with E-state index in [9.17, 15) is 18.3 Å². The van der Waals surface area contributed by atoms with Gasteiger partial charge in [-0.2, -0.15) is 0 Å². The van der Waals surface area contributed by atoms with E-state index in [0.717, 1.165) is 0 Å². The molecule has 0 heterocycles. The number of aliphatic hydroxyl groups is 1. The normalized spacial score (nSPS) is 27.8. The Morgan fingerprint density at radius 1 is 1.00 bits per heavy atom. The van der Waals surface area contributed by atoms with Crippen LogP contribution in [-0.2, 0) is 20.2 Å². The molecular weight excluding hydrogens is 324 g/mol. The average molecular weight is 344 g/mol. The molecule has 1 saturated carbocycles. The number of Topliss-reactive ketones (excluding diaryl/α,β-unsaturated/α-hetero) is 1. The van der Waals surface area contributed by atoms with E-state index >= 15 is 0 Å². The van der Waals surface area contributed by atoms with Crippen molar-refractivity contribution in [3.8, 4) is 0 Å². The molecule has 3 atom stereocenters. The molecule has 24 heavy (non-hydrogen) atoms. The molecular formula is C19H20O4S. The van der Waals surface area contributed by atoms with Gasteiger partial charge in [-0.15, -0.1) is 0 Å². The summed E-state index contributed by atoms with van der Waals surface area (Å²) < 4.78 is 26.4. The lowest BCUT2D eigenvalue weighted by atomic mass is 9.74. The molecule has 0 aromatic heterocycles. The van der Waals surface area contributed by atoms with Crippen LogP contribution in [-0.4, -0.2) is 24.6 Å². The maximum Gasteiger partial charge on any atom is 0.184 e. The lowest BCUT2D eigenvalue weighted by Crippen LogP contribution is -2.53. The van der Waals surface area contributed by atoms with Crippen molar-refractivity contribution in [1.82, 2.24) is 0 Å². The summed E-state index contributed by atoms with van der Waals surface area (Å²) >= 11 is 0. The minimum Gasteiger partial charge on any atom is -0.383 e. The van der Waals surface area contributed by atoms with Gasteiger partial charge in [-0.3, -0.25) is 4.79 Å². The Balaban J connectivity index is 2.17. The minimum absolute atomic E-state index is 0.117. The highest BCUT2D eigenvalue weighted by Crippen LogP contribution is 2.44. The molecule has 126 valence electrons. The first-order chi connectivity index (χ1) is 11.4. The van der Waals surface area contributed by atoms with E-state index in [0.29, 0.717) is 5.56 Å². The molecule has 0 aliphatic heterocycles. The van der Waals surface area contributed by atoms with Crippen LogP contribution in [0.5, 0.6) is 0 Å². The number of hydrogen-bond acceptors (Lipinski definition) is 4. The predicted octanol–water partition coefficient (Wildman–Crippen LogP) is 2.72. The van der Waals surface area contributed by atoms with Gasteiger partial charge in [0.1, 0.15) is 16.6 Å². The molecule has 2 aromatic rings. The number of benzene rings is 2. The molecule has 4 nitrogen and oxygen atoms in total. The zero-order chi connectivity index (χ0) is 17.4. The number of ketones is 1. The average Bonchev–Trinajstić information content (AvgIpc) is 2.55. The van der Waals surface area contributed by atoms with E-state index in [-0.39, 0.29) is 23.5 Å². The van der Waals surface area contributed by atoms with Gasteiger partial charge in [0.05, 0.1) is 4.90 Å². The molecule has 2 aromatic carbocycles. The molecule has 3 rings (SSSR count). The largest absolute Gasteiger partial charge is 0.383 e. The topological polar surface area (TPSA) is 71.4 Å². The molecule has 0 amide bonds. The van der Waals surface area contributed by atoms with Gasteiger partial charge in [-0.25, -0.2) is 8.42 Å². The Kier molecular flexibility index (Phi) is 4.32. The van der Waals surface area contributed by atoms with Gasteiger partial charge >= 0.3 is 0 Å². The third kappa shape index (κ3) is 2.78. The van der Waals surface area contributed by atoms with E-state index in [1.54, 1.807) is 55.5 Å². The fourth-order valence-electron chi connectivity index (χ4n) is 3.72. The van der Waals surface area contributed by atoms with Crippen molar-refractivity contribution in [1.29, 1.82) is 0 Å². The van der Waals surface area contributed by atoms with Crippen molar-refractivity contribution in [2.75, 3.05) is 0 Å². The van der Waals surface area contributed by atoms with Crippen molar-refractivity contribution in [3.63, 3.8) is 0 Å². The predicted molar refractivity (Wildman–Crippen MR) is 91.2 cm³/mol. The molecule has 0 saturated heterocycles. The fraction of sp³-hybridized carbons (Fsp3) is 0.316. The Hall–Kier alpha value is -1.98. The molecule has 0 radical (unpaired) electrons. The van der Waals surface area contributed by atoms with Gasteiger partial charge in [0.25, 0.3) is 0 Å². The van der Waals surface area contributed by atoms with Crippen LogP contribution < -0.4 is 0 Å². The second-order valence-electron chi connectivity index (χ2n) is 6.47. The third-order valence-corrected chi connectivity index (χ3v) is 7.14. The quantitative estimate of drug-likeness (QED) is 0.929. The van der Waals surface area contributed by atoms with Crippen LogP contribution in [0.25, 0.3) is 0 Å². The first-order valence-corrected chi connectivity index (χ1v) is 9.49. The van der Waals surface area contributed by atoms with Gasteiger partial charge in [-0.1, -0.05) is 55.5 Å². The second-order valence-corrected chi connectivity index (χ2v) is 8.54. The molecule has 1 fully saturated rings.